The number of para-hydroxylation sites is 1. The molecule has 1 saturated heterocycles. The van der Waals surface area contributed by atoms with Crippen molar-refractivity contribution in [1.29, 1.82) is 0 Å². The van der Waals surface area contributed by atoms with E-state index in [1.54, 1.807) is 22.9 Å². The number of aromatic nitrogens is 4. The van der Waals surface area contributed by atoms with Gasteiger partial charge in [0.05, 0.1) is 23.6 Å². The Morgan fingerprint density at radius 2 is 2.12 bits per heavy atom. The number of ether oxygens (including phenoxy) is 1. The maximum Gasteiger partial charge on any atom is 0.235 e. The van der Waals surface area contributed by atoms with Gasteiger partial charge in [-0.2, -0.15) is 0 Å². The molecule has 1 fully saturated rings. The van der Waals surface area contributed by atoms with Crippen LogP contribution in [0.4, 0.5) is 5.69 Å². The molecule has 1 aromatic heterocycles. The first-order valence-corrected chi connectivity index (χ1v) is 10.1. The number of anilines is 1. The van der Waals surface area contributed by atoms with Crippen molar-refractivity contribution < 1.29 is 13.2 Å². The SMILES string of the molecule is CC(C)n1nnnc1-c1ccccc1NS(=O)(=O)CC1CCCCO1. The number of sulfonamides is 1. The molecule has 1 atom stereocenters. The normalized spacial score (nSPS) is 18.4. The van der Waals surface area contributed by atoms with Crippen LogP contribution in [0.3, 0.4) is 0 Å². The molecule has 9 heteroatoms. The van der Waals surface area contributed by atoms with E-state index >= 15 is 0 Å². The van der Waals surface area contributed by atoms with Crippen LogP contribution in [0.25, 0.3) is 11.4 Å². The number of hydrogen-bond acceptors (Lipinski definition) is 6. The van der Waals surface area contributed by atoms with Crippen LogP contribution >= 0.6 is 0 Å². The molecule has 0 saturated carbocycles. The van der Waals surface area contributed by atoms with Crippen LogP contribution in [-0.2, 0) is 14.8 Å². The summed E-state index contributed by atoms with van der Waals surface area (Å²) in [5, 5.41) is 11.8. The van der Waals surface area contributed by atoms with Crippen molar-refractivity contribution in [1.82, 2.24) is 20.2 Å². The van der Waals surface area contributed by atoms with E-state index in [0.717, 1.165) is 19.3 Å². The molecular weight excluding hydrogens is 342 g/mol. The van der Waals surface area contributed by atoms with Crippen molar-refractivity contribution in [2.75, 3.05) is 17.1 Å². The molecule has 1 N–H and O–H groups in total. The van der Waals surface area contributed by atoms with Crippen LogP contribution in [0.15, 0.2) is 24.3 Å². The van der Waals surface area contributed by atoms with E-state index < -0.39 is 10.0 Å². The van der Waals surface area contributed by atoms with Gasteiger partial charge in [-0.1, -0.05) is 12.1 Å². The van der Waals surface area contributed by atoms with Gasteiger partial charge in [-0.25, -0.2) is 13.1 Å². The van der Waals surface area contributed by atoms with Gasteiger partial charge in [-0.05, 0) is 55.7 Å². The molecule has 1 aromatic carbocycles. The molecule has 1 aliphatic heterocycles. The summed E-state index contributed by atoms with van der Waals surface area (Å²) in [6.45, 7) is 4.56. The summed E-state index contributed by atoms with van der Waals surface area (Å²) in [5.74, 6) is 0.485. The third kappa shape index (κ3) is 4.35. The molecule has 2 heterocycles. The first kappa shape index (κ1) is 17.8. The minimum absolute atomic E-state index is 0.0452. The summed E-state index contributed by atoms with van der Waals surface area (Å²) in [4.78, 5) is 0. The monoisotopic (exact) mass is 365 g/mol. The zero-order valence-electron chi connectivity index (χ0n) is 14.4. The van der Waals surface area contributed by atoms with Gasteiger partial charge in [0, 0.05) is 12.2 Å². The summed E-state index contributed by atoms with van der Waals surface area (Å²) in [5.41, 5.74) is 1.12. The summed E-state index contributed by atoms with van der Waals surface area (Å²) in [6, 6.07) is 7.19. The molecule has 2 aromatic rings. The summed E-state index contributed by atoms with van der Waals surface area (Å²) < 4.78 is 35.0. The van der Waals surface area contributed by atoms with Crippen LogP contribution in [-0.4, -0.2) is 47.1 Å². The van der Waals surface area contributed by atoms with E-state index in [-0.39, 0.29) is 17.9 Å². The molecule has 1 aliphatic rings. The lowest BCUT2D eigenvalue weighted by Gasteiger charge is -2.23. The highest BCUT2D eigenvalue weighted by Crippen LogP contribution is 2.28. The molecule has 0 spiro atoms. The predicted octanol–water partition coefficient (Wildman–Crippen LogP) is 2.23. The van der Waals surface area contributed by atoms with Crippen LogP contribution in [0.1, 0.15) is 39.2 Å². The molecule has 136 valence electrons. The molecular formula is C16H23N5O3S. The van der Waals surface area contributed by atoms with E-state index in [4.69, 9.17) is 4.74 Å². The Labute approximate surface area is 147 Å². The van der Waals surface area contributed by atoms with Crippen molar-refractivity contribution >= 4 is 15.7 Å². The largest absolute Gasteiger partial charge is 0.377 e. The topological polar surface area (TPSA) is 99.0 Å². The van der Waals surface area contributed by atoms with E-state index in [9.17, 15) is 8.42 Å². The van der Waals surface area contributed by atoms with Crippen molar-refractivity contribution in [3.8, 4) is 11.4 Å². The second-order valence-corrected chi connectivity index (χ2v) is 8.23. The zero-order valence-corrected chi connectivity index (χ0v) is 15.2. The minimum atomic E-state index is -3.53. The van der Waals surface area contributed by atoms with Gasteiger partial charge in [-0.3, -0.25) is 4.72 Å². The third-order valence-electron chi connectivity index (χ3n) is 4.09. The van der Waals surface area contributed by atoms with Crippen molar-refractivity contribution in [2.24, 2.45) is 0 Å². The lowest BCUT2D eigenvalue weighted by atomic mass is 10.1. The highest BCUT2D eigenvalue weighted by Gasteiger charge is 2.24. The Morgan fingerprint density at radius 3 is 2.84 bits per heavy atom. The maximum absolute atomic E-state index is 12.6. The Bertz CT molecular complexity index is 813. The van der Waals surface area contributed by atoms with Gasteiger partial charge < -0.3 is 4.74 Å². The third-order valence-corrected chi connectivity index (χ3v) is 5.44. The Kier molecular flexibility index (Phi) is 5.33. The molecule has 0 aliphatic carbocycles. The second-order valence-electron chi connectivity index (χ2n) is 6.46. The van der Waals surface area contributed by atoms with E-state index in [1.165, 1.54) is 0 Å². The summed E-state index contributed by atoms with van der Waals surface area (Å²) >= 11 is 0. The molecule has 3 rings (SSSR count). The standard InChI is InChI=1S/C16H23N5O3S/c1-12(2)21-16(17-19-20-21)14-8-3-4-9-15(14)18-25(22,23)11-13-7-5-6-10-24-13/h3-4,8-9,12-13,18H,5-7,10-11H2,1-2H3. The van der Waals surface area contributed by atoms with Crippen molar-refractivity contribution in [3.63, 3.8) is 0 Å². The van der Waals surface area contributed by atoms with Crippen LogP contribution in [0.5, 0.6) is 0 Å². The Morgan fingerprint density at radius 1 is 1.32 bits per heavy atom. The number of benzene rings is 1. The number of rotatable bonds is 6. The van der Waals surface area contributed by atoms with E-state index in [1.807, 2.05) is 19.9 Å². The first-order valence-electron chi connectivity index (χ1n) is 8.45. The van der Waals surface area contributed by atoms with Crippen LogP contribution in [0.2, 0.25) is 0 Å². The lowest BCUT2D eigenvalue weighted by molar-refractivity contribution is 0.0306. The fourth-order valence-electron chi connectivity index (χ4n) is 2.88. The Balaban J connectivity index is 1.84. The highest BCUT2D eigenvalue weighted by molar-refractivity contribution is 7.92. The average Bonchev–Trinajstić information content (AvgIpc) is 3.05. The Hall–Kier alpha value is -2.00. The van der Waals surface area contributed by atoms with Gasteiger partial charge in [0.1, 0.15) is 0 Å². The molecule has 0 bridgehead atoms. The van der Waals surface area contributed by atoms with Crippen molar-refractivity contribution in [3.05, 3.63) is 24.3 Å². The number of nitrogens with zero attached hydrogens (tertiary/aromatic N) is 4. The lowest BCUT2D eigenvalue weighted by Crippen LogP contribution is -2.31. The molecule has 25 heavy (non-hydrogen) atoms. The van der Waals surface area contributed by atoms with Gasteiger partial charge in [0.25, 0.3) is 0 Å². The number of nitrogens with one attached hydrogen (secondary N) is 1. The van der Waals surface area contributed by atoms with Crippen LogP contribution in [0, 0.1) is 0 Å². The fourth-order valence-corrected chi connectivity index (χ4v) is 4.23. The minimum Gasteiger partial charge on any atom is -0.377 e. The quantitative estimate of drug-likeness (QED) is 0.843. The fraction of sp³-hybridized carbons (Fsp3) is 0.562. The number of hydrogen-bond donors (Lipinski definition) is 1. The van der Waals surface area contributed by atoms with Gasteiger partial charge in [0.2, 0.25) is 10.0 Å². The van der Waals surface area contributed by atoms with Gasteiger partial charge >= 0.3 is 0 Å². The summed E-state index contributed by atoms with van der Waals surface area (Å²) in [7, 11) is -3.53. The van der Waals surface area contributed by atoms with Gasteiger partial charge in [0.15, 0.2) is 5.82 Å². The average molecular weight is 365 g/mol. The van der Waals surface area contributed by atoms with E-state index in [2.05, 4.69) is 20.2 Å². The first-order chi connectivity index (χ1) is 12.0. The van der Waals surface area contributed by atoms with Gasteiger partial charge in [-0.15, -0.1) is 5.10 Å². The zero-order chi connectivity index (χ0) is 17.9. The smallest absolute Gasteiger partial charge is 0.235 e. The van der Waals surface area contributed by atoms with E-state index in [0.29, 0.717) is 23.7 Å². The molecule has 1 unspecified atom stereocenters. The predicted molar refractivity (Wildman–Crippen MR) is 94.6 cm³/mol. The number of tetrazole rings is 1. The molecule has 0 radical (unpaired) electrons. The molecule has 0 amide bonds. The summed E-state index contributed by atoms with van der Waals surface area (Å²) in [6.07, 6.45) is 2.51. The maximum atomic E-state index is 12.6. The van der Waals surface area contributed by atoms with Crippen LogP contribution < -0.4 is 4.72 Å². The molecule has 8 nitrogen and oxygen atoms in total. The highest BCUT2D eigenvalue weighted by atomic mass is 32.2. The van der Waals surface area contributed by atoms with Crippen molar-refractivity contribution in [2.45, 2.75) is 45.3 Å². The second kappa shape index (κ2) is 7.49.